The summed E-state index contributed by atoms with van der Waals surface area (Å²) < 4.78 is 49.5. The summed E-state index contributed by atoms with van der Waals surface area (Å²) in [4.78, 5) is 13.2. The van der Waals surface area contributed by atoms with Crippen LogP contribution < -0.4 is 11.1 Å². The van der Waals surface area contributed by atoms with Crippen LogP contribution in [0.1, 0.15) is 61.0 Å². The lowest BCUT2D eigenvalue weighted by Crippen LogP contribution is -2.48. The van der Waals surface area contributed by atoms with E-state index < -0.39 is 26.5 Å². The molecule has 0 spiro atoms. The number of sulfonamides is 1. The smallest absolute Gasteiger partial charge is 0.230 e. The van der Waals surface area contributed by atoms with Crippen molar-refractivity contribution < 1.29 is 22.3 Å². The van der Waals surface area contributed by atoms with E-state index in [0.717, 1.165) is 5.56 Å². The highest BCUT2D eigenvalue weighted by Gasteiger charge is 2.43. The number of hydrogen-bond acceptors (Lipinski definition) is 5. The zero-order valence-electron chi connectivity index (χ0n) is 20.8. The molecule has 0 bridgehead atoms. The van der Waals surface area contributed by atoms with Crippen molar-refractivity contribution in [2.45, 2.75) is 62.3 Å². The van der Waals surface area contributed by atoms with Gasteiger partial charge in [0.1, 0.15) is 11.1 Å². The summed E-state index contributed by atoms with van der Waals surface area (Å²) >= 11 is 0. The highest BCUT2D eigenvalue weighted by Crippen LogP contribution is 2.39. The quantitative estimate of drug-likeness (QED) is 0.523. The summed E-state index contributed by atoms with van der Waals surface area (Å²) in [5.41, 5.74) is 6.32. The van der Waals surface area contributed by atoms with Crippen LogP contribution in [-0.4, -0.2) is 51.0 Å². The van der Waals surface area contributed by atoms with Gasteiger partial charge >= 0.3 is 0 Å². The Labute approximate surface area is 213 Å². The number of nitrogens with one attached hydrogen (secondary N) is 1. The lowest BCUT2D eigenvalue weighted by atomic mass is 9.73. The van der Waals surface area contributed by atoms with Crippen LogP contribution in [0.15, 0.2) is 48.5 Å². The van der Waals surface area contributed by atoms with Gasteiger partial charge in [-0.2, -0.15) is 4.31 Å². The van der Waals surface area contributed by atoms with E-state index in [2.05, 4.69) is 5.32 Å². The molecule has 2 saturated heterocycles. The highest BCUT2D eigenvalue weighted by molar-refractivity contribution is 7.89. The van der Waals surface area contributed by atoms with Gasteiger partial charge in [-0.05, 0) is 62.8 Å². The van der Waals surface area contributed by atoms with Crippen molar-refractivity contribution >= 4 is 15.9 Å². The number of carbonyl (C=O) groups is 1. The maximum atomic E-state index is 15.5. The Morgan fingerprint density at radius 1 is 1.17 bits per heavy atom. The summed E-state index contributed by atoms with van der Waals surface area (Å²) in [6, 6.07) is 13.8. The van der Waals surface area contributed by atoms with Crippen LogP contribution in [0.2, 0.25) is 0 Å². The van der Waals surface area contributed by atoms with Crippen LogP contribution in [0.5, 0.6) is 0 Å². The molecule has 36 heavy (non-hydrogen) atoms. The number of nitrogens with zero attached hydrogens (tertiary/aromatic N) is 1. The normalized spacial score (nSPS) is 23.8. The number of hydrogen-bond donors (Lipinski definition) is 2. The fourth-order valence-electron chi connectivity index (χ4n) is 5.33. The van der Waals surface area contributed by atoms with E-state index in [-0.39, 0.29) is 18.5 Å². The SMILES string of the molecule is CC1CCC(c2ccccc2)S(=O)(=O)N1Cc1ccc(C2(C(=O)NCCCN)CCOCC2)cc1F. The van der Waals surface area contributed by atoms with Gasteiger partial charge in [0.25, 0.3) is 0 Å². The van der Waals surface area contributed by atoms with Crippen molar-refractivity contribution in [3.63, 3.8) is 0 Å². The second kappa shape index (κ2) is 11.4. The standard InChI is InChI=1S/C27H36FN3O4S/c1-20-8-11-25(21-6-3-2-4-7-21)36(33,34)31(20)19-22-9-10-23(18-24(22)28)27(12-16-35-17-13-27)26(32)30-15-5-14-29/h2-4,6-7,9-10,18,20,25H,5,8,11-17,19,29H2,1H3,(H,30,32). The summed E-state index contributed by atoms with van der Waals surface area (Å²) in [6.45, 7) is 3.59. The Bertz CT molecular complexity index is 1150. The molecule has 7 nitrogen and oxygen atoms in total. The molecule has 2 aromatic rings. The van der Waals surface area contributed by atoms with E-state index in [4.69, 9.17) is 10.5 Å². The van der Waals surface area contributed by atoms with E-state index >= 15 is 4.39 Å². The fourth-order valence-corrected chi connectivity index (χ4v) is 7.52. The molecule has 2 unspecified atom stereocenters. The molecule has 9 heteroatoms. The maximum absolute atomic E-state index is 15.5. The number of halogens is 1. The van der Waals surface area contributed by atoms with Gasteiger partial charge in [-0.25, -0.2) is 12.8 Å². The number of rotatable bonds is 8. The van der Waals surface area contributed by atoms with Crippen LogP contribution in [0, 0.1) is 5.82 Å². The molecule has 2 aromatic carbocycles. The molecule has 1 amide bonds. The van der Waals surface area contributed by atoms with Crippen LogP contribution in [0.4, 0.5) is 4.39 Å². The van der Waals surface area contributed by atoms with E-state index in [1.807, 2.05) is 37.3 Å². The zero-order valence-corrected chi connectivity index (χ0v) is 21.6. The lowest BCUT2D eigenvalue weighted by molar-refractivity contribution is -0.130. The average molecular weight is 518 g/mol. The molecular weight excluding hydrogens is 481 g/mol. The summed E-state index contributed by atoms with van der Waals surface area (Å²) in [6.07, 6.45) is 2.81. The van der Waals surface area contributed by atoms with Gasteiger partial charge in [0, 0.05) is 37.9 Å². The van der Waals surface area contributed by atoms with Crippen LogP contribution >= 0.6 is 0 Å². The van der Waals surface area contributed by atoms with Gasteiger partial charge in [0.15, 0.2) is 0 Å². The monoisotopic (exact) mass is 517 g/mol. The van der Waals surface area contributed by atoms with Crippen molar-refractivity contribution in [2.24, 2.45) is 5.73 Å². The minimum atomic E-state index is -3.67. The number of amides is 1. The average Bonchev–Trinajstić information content (AvgIpc) is 2.88. The molecule has 0 radical (unpaired) electrons. The van der Waals surface area contributed by atoms with Crippen molar-refractivity contribution in [3.05, 3.63) is 71.0 Å². The van der Waals surface area contributed by atoms with Crippen LogP contribution in [-0.2, 0) is 31.5 Å². The summed E-state index contributed by atoms with van der Waals surface area (Å²) in [7, 11) is -3.67. The highest BCUT2D eigenvalue weighted by atomic mass is 32.2. The first kappa shape index (κ1) is 26.7. The second-order valence-corrected chi connectivity index (χ2v) is 11.9. The van der Waals surface area contributed by atoms with E-state index in [1.165, 1.54) is 10.4 Å². The molecule has 2 aliphatic rings. The van der Waals surface area contributed by atoms with Crippen LogP contribution in [0.3, 0.4) is 0 Å². The molecule has 0 saturated carbocycles. The van der Waals surface area contributed by atoms with E-state index in [0.29, 0.717) is 69.5 Å². The first-order chi connectivity index (χ1) is 17.3. The number of benzene rings is 2. The number of carbonyl (C=O) groups excluding carboxylic acids is 1. The Balaban J connectivity index is 1.59. The first-order valence-electron chi connectivity index (χ1n) is 12.7. The minimum Gasteiger partial charge on any atom is -0.381 e. The maximum Gasteiger partial charge on any atom is 0.230 e. The van der Waals surface area contributed by atoms with Gasteiger partial charge in [0.2, 0.25) is 15.9 Å². The largest absolute Gasteiger partial charge is 0.381 e. The Kier molecular flexibility index (Phi) is 8.44. The van der Waals surface area contributed by atoms with Gasteiger partial charge in [0.05, 0.1) is 5.41 Å². The third kappa shape index (κ3) is 5.34. The molecule has 0 aliphatic carbocycles. The van der Waals surface area contributed by atoms with Gasteiger partial charge in [-0.1, -0.05) is 42.5 Å². The Morgan fingerprint density at radius 2 is 1.89 bits per heavy atom. The summed E-state index contributed by atoms with van der Waals surface area (Å²) in [5, 5.41) is 2.31. The molecule has 2 atom stereocenters. The summed E-state index contributed by atoms with van der Waals surface area (Å²) in [5.74, 6) is -0.651. The van der Waals surface area contributed by atoms with Crippen molar-refractivity contribution in [3.8, 4) is 0 Å². The predicted octanol–water partition coefficient (Wildman–Crippen LogP) is 3.39. The fraction of sp³-hybridized carbons (Fsp3) is 0.519. The van der Waals surface area contributed by atoms with Crippen molar-refractivity contribution in [1.82, 2.24) is 9.62 Å². The van der Waals surface area contributed by atoms with Crippen molar-refractivity contribution in [2.75, 3.05) is 26.3 Å². The van der Waals surface area contributed by atoms with Gasteiger partial charge < -0.3 is 15.8 Å². The van der Waals surface area contributed by atoms with E-state index in [1.54, 1.807) is 12.1 Å². The van der Waals surface area contributed by atoms with Gasteiger partial charge in [-0.3, -0.25) is 4.79 Å². The molecule has 196 valence electrons. The minimum absolute atomic E-state index is 0.0439. The molecular formula is C27H36FN3O4S. The third-order valence-electron chi connectivity index (χ3n) is 7.58. The Hall–Kier alpha value is -2.33. The number of ether oxygens (including phenoxy) is 1. The lowest BCUT2D eigenvalue weighted by Gasteiger charge is -2.38. The van der Waals surface area contributed by atoms with Gasteiger partial charge in [-0.15, -0.1) is 0 Å². The second-order valence-electron chi connectivity index (χ2n) is 9.81. The predicted molar refractivity (Wildman–Crippen MR) is 137 cm³/mol. The molecule has 2 heterocycles. The molecule has 2 aliphatic heterocycles. The zero-order chi connectivity index (χ0) is 25.8. The number of nitrogens with two attached hydrogens (primary N) is 1. The Morgan fingerprint density at radius 3 is 2.56 bits per heavy atom. The van der Waals surface area contributed by atoms with Crippen LogP contribution in [0.25, 0.3) is 0 Å². The van der Waals surface area contributed by atoms with Crippen molar-refractivity contribution in [1.29, 1.82) is 0 Å². The molecule has 0 aromatic heterocycles. The van der Waals surface area contributed by atoms with E-state index in [9.17, 15) is 13.2 Å². The molecule has 3 N–H and O–H groups in total. The molecule has 2 fully saturated rings. The third-order valence-corrected chi connectivity index (χ3v) is 9.95. The molecule has 4 rings (SSSR count). The first-order valence-corrected chi connectivity index (χ1v) is 14.2. The topological polar surface area (TPSA) is 102 Å².